The number of hydrogen-bond donors (Lipinski definition) is 1. The van der Waals surface area contributed by atoms with E-state index in [0.717, 1.165) is 46.3 Å². The summed E-state index contributed by atoms with van der Waals surface area (Å²) in [5.74, 6) is 1.78. The minimum absolute atomic E-state index is 0.126. The number of carbonyl (C=O) groups excluding carboxylic acids is 1. The van der Waals surface area contributed by atoms with Crippen molar-refractivity contribution in [1.82, 2.24) is 14.5 Å². The Labute approximate surface area is 168 Å². The number of rotatable bonds is 4. The molecule has 1 N–H and O–H groups in total. The maximum atomic E-state index is 13.1. The molecule has 0 saturated carbocycles. The van der Waals surface area contributed by atoms with Crippen LogP contribution < -0.4 is 9.47 Å². The van der Waals surface area contributed by atoms with E-state index in [0.29, 0.717) is 13.1 Å². The molecule has 0 atom stereocenters. The summed E-state index contributed by atoms with van der Waals surface area (Å²) >= 11 is 0. The van der Waals surface area contributed by atoms with Crippen molar-refractivity contribution < 1.29 is 14.3 Å². The van der Waals surface area contributed by atoms with Gasteiger partial charge in [-0.3, -0.25) is 4.79 Å². The molecule has 5 rings (SSSR count). The lowest BCUT2D eigenvalue weighted by atomic mass is 10.0. The van der Waals surface area contributed by atoms with Gasteiger partial charge in [0.2, 0.25) is 5.91 Å². The number of methoxy groups -OCH3 is 2. The fourth-order valence-electron chi connectivity index (χ4n) is 4.22. The highest BCUT2D eigenvalue weighted by Crippen LogP contribution is 2.31. The van der Waals surface area contributed by atoms with Gasteiger partial charge in [0.1, 0.15) is 18.0 Å². The number of fused-ring (bicyclic) bond motifs is 4. The third kappa shape index (κ3) is 3.01. The van der Waals surface area contributed by atoms with E-state index in [2.05, 4.69) is 4.98 Å². The van der Waals surface area contributed by atoms with Crippen molar-refractivity contribution in [2.45, 2.75) is 19.5 Å². The van der Waals surface area contributed by atoms with Crippen LogP contribution in [-0.4, -0.2) is 41.1 Å². The average Bonchev–Trinajstić information content (AvgIpc) is 3.33. The van der Waals surface area contributed by atoms with Crippen LogP contribution in [0.5, 0.6) is 11.5 Å². The number of nitrogens with zero attached hydrogens (tertiary/aromatic N) is 2. The molecule has 0 aliphatic carbocycles. The van der Waals surface area contributed by atoms with E-state index in [4.69, 9.17) is 9.47 Å². The van der Waals surface area contributed by atoms with Crippen molar-refractivity contribution >= 4 is 27.7 Å². The van der Waals surface area contributed by atoms with Gasteiger partial charge in [0, 0.05) is 58.8 Å². The molecule has 6 nitrogen and oxygen atoms in total. The largest absolute Gasteiger partial charge is 0.497 e. The topological polar surface area (TPSA) is 59.5 Å². The van der Waals surface area contributed by atoms with Crippen LogP contribution in [0.25, 0.3) is 21.8 Å². The van der Waals surface area contributed by atoms with Crippen molar-refractivity contribution in [2.24, 2.45) is 0 Å². The van der Waals surface area contributed by atoms with E-state index in [1.165, 1.54) is 11.3 Å². The molecule has 148 valence electrons. The van der Waals surface area contributed by atoms with Gasteiger partial charge in [-0.05, 0) is 42.5 Å². The van der Waals surface area contributed by atoms with Gasteiger partial charge in [0.25, 0.3) is 0 Å². The number of benzene rings is 2. The number of nitrogens with one attached hydrogen (secondary N) is 1. The Balaban J connectivity index is 1.39. The fourth-order valence-corrected chi connectivity index (χ4v) is 4.22. The minimum Gasteiger partial charge on any atom is -0.497 e. The van der Waals surface area contributed by atoms with Crippen LogP contribution in [0.2, 0.25) is 0 Å². The monoisotopic (exact) mass is 389 g/mol. The van der Waals surface area contributed by atoms with Crippen molar-refractivity contribution in [3.8, 4) is 11.5 Å². The van der Waals surface area contributed by atoms with Gasteiger partial charge < -0.3 is 23.9 Å². The van der Waals surface area contributed by atoms with E-state index in [9.17, 15) is 4.79 Å². The smallest absolute Gasteiger partial charge is 0.242 e. The van der Waals surface area contributed by atoms with E-state index in [1.807, 2.05) is 58.1 Å². The third-order valence-electron chi connectivity index (χ3n) is 5.82. The number of ether oxygens (including phenoxy) is 2. The molecular weight excluding hydrogens is 366 g/mol. The van der Waals surface area contributed by atoms with Gasteiger partial charge in [0.05, 0.1) is 14.2 Å². The van der Waals surface area contributed by atoms with Gasteiger partial charge >= 0.3 is 0 Å². The molecule has 1 amide bonds. The molecule has 3 heterocycles. The molecule has 1 aliphatic heterocycles. The molecule has 6 heteroatoms. The summed E-state index contributed by atoms with van der Waals surface area (Å²) in [6, 6.07) is 14.0. The summed E-state index contributed by atoms with van der Waals surface area (Å²) in [7, 11) is 3.33. The standard InChI is InChI=1S/C23H23N3O3/c1-28-16-4-6-22-15(11-16)7-9-25(22)14-23(27)26-10-8-21-19(13-26)18-12-17(29-2)3-5-20(18)24-21/h3-7,9,11-12,24H,8,10,13-14H2,1-2H3. The van der Waals surface area contributed by atoms with Crippen LogP contribution in [-0.2, 0) is 24.3 Å². The highest BCUT2D eigenvalue weighted by Gasteiger charge is 2.24. The van der Waals surface area contributed by atoms with Crippen molar-refractivity contribution in [3.63, 3.8) is 0 Å². The first-order chi connectivity index (χ1) is 14.2. The zero-order valence-electron chi connectivity index (χ0n) is 16.6. The van der Waals surface area contributed by atoms with Crippen molar-refractivity contribution in [1.29, 1.82) is 0 Å². The second-order valence-corrected chi connectivity index (χ2v) is 7.43. The Morgan fingerprint density at radius 2 is 1.86 bits per heavy atom. The van der Waals surface area contributed by atoms with Crippen molar-refractivity contribution in [3.05, 3.63) is 59.9 Å². The molecule has 2 aromatic carbocycles. The molecule has 0 spiro atoms. The lowest BCUT2D eigenvalue weighted by Gasteiger charge is -2.27. The number of hydrogen-bond acceptors (Lipinski definition) is 3. The van der Waals surface area contributed by atoms with Gasteiger partial charge in [-0.25, -0.2) is 0 Å². The first-order valence-corrected chi connectivity index (χ1v) is 9.74. The Morgan fingerprint density at radius 3 is 2.69 bits per heavy atom. The number of aromatic amines is 1. The zero-order valence-corrected chi connectivity index (χ0v) is 16.6. The normalized spacial score (nSPS) is 13.7. The summed E-state index contributed by atoms with van der Waals surface area (Å²) in [6.45, 7) is 1.67. The number of aromatic nitrogens is 2. The van der Waals surface area contributed by atoms with E-state index < -0.39 is 0 Å². The molecule has 0 radical (unpaired) electrons. The SMILES string of the molecule is COc1ccc2c(ccn2CC(=O)N2CCc3[nH]c4ccc(OC)cc4c3C2)c1. The third-order valence-corrected chi connectivity index (χ3v) is 5.82. The fraction of sp³-hybridized carbons (Fsp3) is 0.261. The van der Waals surface area contributed by atoms with Crippen LogP contribution in [0.15, 0.2) is 48.7 Å². The second kappa shape index (κ2) is 6.88. The molecular formula is C23H23N3O3. The first-order valence-electron chi connectivity index (χ1n) is 9.74. The Kier molecular flexibility index (Phi) is 4.19. The van der Waals surface area contributed by atoms with Crippen LogP contribution in [0.3, 0.4) is 0 Å². The first kappa shape index (κ1) is 17.7. The Morgan fingerprint density at radius 1 is 1.07 bits per heavy atom. The van der Waals surface area contributed by atoms with Crippen LogP contribution in [0.1, 0.15) is 11.3 Å². The maximum Gasteiger partial charge on any atom is 0.242 e. The summed E-state index contributed by atoms with van der Waals surface area (Å²) in [5.41, 5.74) is 4.54. The van der Waals surface area contributed by atoms with Gasteiger partial charge in [-0.15, -0.1) is 0 Å². The average molecular weight is 389 g/mol. The lowest BCUT2D eigenvalue weighted by Crippen LogP contribution is -2.37. The summed E-state index contributed by atoms with van der Waals surface area (Å²) in [6.07, 6.45) is 2.80. The van der Waals surface area contributed by atoms with E-state index >= 15 is 0 Å². The molecule has 29 heavy (non-hydrogen) atoms. The molecule has 0 saturated heterocycles. The minimum atomic E-state index is 0.126. The number of carbonyl (C=O) groups is 1. The molecule has 0 fully saturated rings. The Bertz CT molecular complexity index is 1220. The molecule has 1 aliphatic rings. The molecule has 2 aromatic heterocycles. The number of amides is 1. The molecule has 0 unspecified atom stereocenters. The predicted molar refractivity (Wildman–Crippen MR) is 112 cm³/mol. The quantitative estimate of drug-likeness (QED) is 0.579. The predicted octanol–water partition coefficient (Wildman–Crippen LogP) is 3.72. The lowest BCUT2D eigenvalue weighted by molar-refractivity contribution is -0.132. The van der Waals surface area contributed by atoms with E-state index in [1.54, 1.807) is 14.2 Å². The molecule has 4 aromatic rings. The Hall–Kier alpha value is -3.41. The summed E-state index contributed by atoms with van der Waals surface area (Å²) < 4.78 is 12.7. The van der Waals surface area contributed by atoms with Crippen molar-refractivity contribution in [2.75, 3.05) is 20.8 Å². The van der Waals surface area contributed by atoms with Crippen LogP contribution in [0.4, 0.5) is 0 Å². The van der Waals surface area contributed by atoms with Crippen LogP contribution in [0, 0.1) is 0 Å². The summed E-state index contributed by atoms with van der Waals surface area (Å²) in [5, 5.41) is 2.21. The van der Waals surface area contributed by atoms with Crippen LogP contribution >= 0.6 is 0 Å². The second-order valence-electron chi connectivity index (χ2n) is 7.43. The zero-order chi connectivity index (χ0) is 20.0. The highest BCUT2D eigenvalue weighted by molar-refractivity contribution is 5.88. The van der Waals surface area contributed by atoms with Gasteiger partial charge in [-0.1, -0.05) is 0 Å². The molecule has 0 bridgehead atoms. The van der Waals surface area contributed by atoms with Gasteiger partial charge in [-0.2, -0.15) is 0 Å². The number of H-pyrrole nitrogens is 1. The maximum absolute atomic E-state index is 13.1. The van der Waals surface area contributed by atoms with Gasteiger partial charge in [0.15, 0.2) is 0 Å². The highest BCUT2D eigenvalue weighted by atomic mass is 16.5. The van der Waals surface area contributed by atoms with E-state index in [-0.39, 0.29) is 5.91 Å². The summed E-state index contributed by atoms with van der Waals surface area (Å²) in [4.78, 5) is 18.5.